The lowest BCUT2D eigenvalue weighted by Gasteiger charge is -2.18. The predicted octanol–water partition coefficient (Wildman–Crippen LogP) is 4.28. The van der Waals surface area contributed by atoms with Crippen molar-refractivity contribution in [1.29, 1.82) is 0 Å². The summed E-state index contributed by atoms with van der Waals surface area (Å²) in [5.74, 6) is -0.229. The molecule has 1 atom stereocenters. The van der Waals surface area contributed by atoms with Crippen LogP contribution >= 0.6 is 0 Å². The molecule has 0 spiro atoms. The van der Waals surface area contributed by atoms with Crippen LogP contribution in [0.4, 0.5) is 0 Å². The molecule has 0 bridgehead atoms. The summed E-state index contributed by atoms with van der Waals surface area (Å²) in [5, 5.41) is 7.57. The number of carbonyl (C=O) groups excluding carboxylic acids is 2. The van der Waals surface area contributed by atoms with E-state index < -0.39 is 5.92 Å². The van der Waals surface area contributed by atoms with E-state index in [4.69, 9.17) is 9.47 Å². The van der Waals surface area contributed by atoms with Crippen molar-refractivity contribution in [2.24, 2.45) is 0 Å². The zero-order valence-electron chi connectivity index (χ0n) is 17.1. The minimum absolute atomic E-state index is 0.0516. The maximum absolute atomic E-state index is 13.4. The molecule has 0 saturated heterocycles. The van der Waals surface area contributed by atoms with Gasteiger partial charge in [0, 0.05) is 29.7 Å². The molecule has 30 heavy (non-hydrogen) atoms. The Labute approximate surface area is 175 Å². The number of benzene rings is 2. The lowest BCUT2D eigenvalue weighted by atomic mass is 9.85. The maximum Gasteiger partial charge on any atom is 0.305 e. The van der Waals surface area contributed by atoms with Gasteiger partial charge >= 0.3 is 5.97 Å². The van der Waals surface area contributed by atoms with Gasteiger partial charge < -0.3 is 9.47 Å². The van der Waals surface area contributed by atoms with E-state index >= 15 is 0 Å². The SMILES string of the molecule is COC(=O)CCC(C(=O)c1cccc(OCc2ccnnc2)c1)c1ccccc1C. The van der Waals surface area contributed by atoms with Crippen LogP contribution in [0.25, 0.3) is 0 Å². The second-order valence-electron chi connectivity index (χ2n) is 6.96. The number of ketones is 1. The Hall–Kier alpha value is -3.54. The van der Waals surface area contributed by atoms with E-state index in [9.17, 15) is 9.59 Å². The van der Waals surface area contributed by atoms with Gasteiger partial charge in [-0.05, 0) is 42.7 Å². The molecule has 0 aliphatic rings. The Morgan fingerprint density at radius 1 is 1.03 bits per heavy atom. The van der Waals surface area contributed by atoms with E-state index in [-0.39, 0.29) is 18.2 Å². The number of esters is 1. The van der Waals surface area contributed by atoms with Gasteiger partial charge in [-0.3, -0.25) is 9.59 Å². The fraction of sp³-hybridized carbons (Fsp3) is 0.250. The summed E-state index contributed by atoms with van der Waals surface area (Å²) in [4.78, 5) is 25.1. The average Bonchev–Trinajstić information content (AvgIpc) is 2.79. The number of carbonyl (C=O) groups is 2. The molecular formula is C24H24N2O4. The highest BCUT2D eigenvalue weighted by Gasteiger charge is 2.24. The molecular weight excluding hydrogens is 380 g/mol. The molecule has 0 fully saturated rings. The third-order valence-electron chi connectivity index (χ3n) is 4.91. The zero-order chi connectivity index (χ0) is 21.3. The molecule has 0 N–H and O–H groups in total. The van der Waals surface area contributed by atoms with Gasteiger partial charge in [0.25, 0.3) is 0 Å². The predicted molar refractivity (Wildman–Crippen MR) is 112 cm³/mol. The van der Waals surface area contributed by atoms with Gasteiger partial charge in [-0.15, -0.1) is 0 Å². The first-order valence-electron chi connectivity index (χ1n) is 9.73. The largest absolute Gasteiger partial charge is 0.489 e. The highest BCUT2D eigenvalue weighted by molar-refractivity contribution is 6.01. The maximum atomic E-state index is 13.4. The molecule has 1 unspecified atom stereocenters. The van der Waals surface area contributed by atoms with E-state index in [2.05, 4.69) is 10.2 Å². The zero-order valence-corrected chi connectivity index (χ0v) is 17.1. The Morgan fingerprint density at radius 3 is 2.60 bits per heavy atom. The average molecular weight is 404 g/mol. The second-order valence-corrected chi connectivity index (χ2v) is 6.96. The van der Waals surface area contributed by atoms with Crippen LogP contribution in [0.5, 0.6) is 5.75 Å². The van der Waals surface area contributed by atoms with E-state index in [1.807, 2.05) is 43.3 Å². The smallest absolute Gasteiger partial charge is 0.305 e. The number of aromatic nitrogens is 2. The van der Waals surface area contributed by atoms with Gasteiger partial charge in [-0.1, -0.05) is 36.4 Å². The van der Waals surface area contributed by atoms with Crippen molar-refractivity contribution in [3.63, 3.8) is 0 Å². The molecule has 6 heteroatoms. The van der Waals surface area contributed by atoms with Crippen molar-refractivity contribution in [2.75, 3.05) is 7.11 Å². The van der Waals surface area contributed by atoms with Crippen LogP contribution in [0.2, 0.25) is 0 Å². The molecule has 0 aliphatic carbocycles. The van der Waals surface area contributed by atoms with Crippen molar-refractivity contribution >= 4 is 11.8 Å². The fourth-order valence-electron chi connectivity index (χ4n) is 3.28. The number of aryl methyl sites for hydroxylation is 1. The summed E-state index contributed by atoms with van der Waals surface area (Å²) in [6.07, 6.45) is 3.79. The normalized spacial score (nSPS) is 11.5. The number of ether oxygens (including phenoxy) is 2. The van der Waals surface area contributed by atoms with E-state index in [0.29, 0.717) is 24.3 Å². The van der Waals surface area contributed by atoms with Crippen molar-refractivity contribution in [2.45, 2.75) is 32.3 Å². The Balaban J connectivity index is 1.81. The topological polar surface area (TPSA) is 78.4 Å². The highest BCUT2D eigenvalue weighted by atomic mass is 16.5. The molecule has 154 valence electrons. The Bertz CT molecular complexity index is 1000. The number of nitrogens with zero attached hydrogens (tertiary/aromatic N) is 2. The molecule has 2 aromatic carbocycles. The first-order valence-corrected chi connectivity index (χ1v) is 9.73. The molecule has 0 aliphatic heterocycles. The number of rotatable bonds is 9. The molecule has 0 radical (unpaired) electrons. The first-order chi connectivity index (χ1) is 14.6. The second kappa shape index (κ2) is 10.3. The van der Waals surface area contributed by atoms with Crippen molar-refractivity contribution in [1.82, 2.24) is 10.2 Å². The van der Waals surface area contributed by atoms with Crippen LogP contribution in [-0.2, 0) is 16.1 Å². The lowest BCUT2D eigenvalue weighted by molar-refractivity contribution is -0.140. The number of Topliss-reactive ketones (excluding diaryl/α,β-unsaturated/α-hetero) is 1. The van der Waals surface area contributed by atoms with Crippen LogP contribution in [0.15, 0.2) is 67.0 Å². The minimum atomic E-state index is -0.440. The Kier molecular flexibility index (Phi) is 7.27. The third kappa shape index (κ3) is 5.50. The van der Waals surface area contributed by atoms with E-state index in [1.165, 1.54) is 7.11 Å². The minimum Gasteiger partial charge on any atom is -0.489 e. The van der Waals surface area contributed by atoms with E-state index in [0.717, 1.165) is 16.7 Å². The van der Waals surface area contributed by atoms with Crippen LogP contribution in [0, 0.1) is 6.92 Å². The lowest BCUT2D eigenvalue weighted by Crippen LogP contribution is -2.16. The van der Waals surface area contributed by atoms with Crippen molar-refractivity contribution < 1.29 is 19.1 Å². The monoisotopic (exact) mass is 404 g/mol. The summed E-state index contributed by atoms with van der Waals surface area (Å²) in [6.45, 7) is 2.30. The van der Waals surface area contributed by atoms with Crippen molar-refractivity contribution in [3.05, 3.63) is 89.2 Å². The van der Waals surface area contributed by atoms with Crippen LogP contribution in [0.3, 0.4) is 0 Å². The van der Waals surface area contributed by atoms with E-state index in [1.54, 1.807) is 30.6 Å². The first kappa shape index (κ1) is 21.2. The van der Waals surface area contributed by atoms with Gasteiger partial charge in [-0.25, -0.2) is 0 Å². The third-order valence-corrected chi connectivity index (χ3v) is 4.91. The standard InChI is InChI=1S/C24H24N2O4/c1-17-6-3-4-9-21(17)22(10-11-23(27)29-2)24(28)19-7-5-8-20(14-19)30-16-18-12-13-25-26-15-18/h3-9,12-15,22H,10-11,16H2,1-2H3. The summed E-state index contributed by atoms with van der Waals surface area (Å²) >= 11 is 0. The van der Waals surface area contributed by atoms with Gasteiger partial charge in [-0.2, -0.15) is 10.2 Å². The van der Waals surface area contributed by atoms with Gasteiger partial charge in [0.15, 0.2) is 5.78 Å². The molecule has 3 rings (SSSR count). The summed E-state index contributed by atoms with van der Waals surface area (Å²) in [7, 11) is 1.35. The Morgan fingerprint density at radius 2 is 1.87 bits per heavy atom. The van der Waals surface area contributed by atoms with Gasteiger partial charge in [0.1, 0.15) is 12.4 Å². The van der Waals surface area contributed by atoms with Crippen LogP contribution < -0.4 is 4.74 Å². The molecule has 1 heterocycles. The molecule has 1 aromatic heterocycles. The quantitative estimate of drug-likeness (QED) is 0.391. The molecule has 6 nitrogen and oxygen atoms in total. The number of hydrogen-bond acceptors (Lipinski definition) is 6. The number of hydrogen-bond donors (Lipinski definition) is 0. The summed E-state index contributed by atoms with van der Waals surface area (Å²) in [5.41, 5.74) is 3.36. The molecule has 0 amide bonds. The summed E-state index contributed by atoms with van der Waals surface area (Å²) < 4.78 is 10.6. The van der Waals surface area contributed by atoms with Gasteiger partial charge in [0.05, 0.1) is 13.3 Å². The molecule has 0 saturated carbocycles. The van der Waals surface area contributed by atoms with Crippen molar-refractivity contribution in [3.8, 4) is 5.75 Å². The van der Waals surface area contributed by atoms with Crippen LogP contribution in [-0.4, -0.2) is 29.1 Å². The fourth-order valence-corrected chi connectivity index (χ4v) is 3.28. The highest BCUT2D eigenvalue weighted by Crippen LogP contribution is 2.29. The molecule has 3 aromatic rings. The summed E-state index contributed by atoms with van der Waals surface area (Å²) in [6, 6.07) is 16.7. The number of methoxy groups -OCH3 is 1. The van der Waals surface area contributed by atoms with Crippen LogP contribution in [0.1, 0.15) is 45.8 Å². The van der Waals surface area contributed by atoms with Gasteiger partial charge in [0.2, 0.25) is 0 Å².